The van der Waals surface area contributed by atoms with Gasteiger partial charge in [-0.25, -0.2) is 0 Å². The van der Waals surface area contributed by atoms with E-state index in [0.29, 0.717) is 18.5 Å². The van der Waals surface area contributed by atoms with Crippen LogP contribution in [0.15, 0.2) is 48.7 Å². The number of carbonyl (C=O) groups excluding carboxylic acids is 1. The summed E-state index contributed by atoms with van der Waals surface area (Å²) in [5, 5.41) is 11.8. The second-order valence-electron chi connectivity index (χ2n) is 5.46. The number of aryl methyl sites for hydroxylation is 1. The molecule has 23 heavy (non-hydrogen) atoms. The number of rotatable bonds is 7. The Morgan fingerprint density at radius 2 is 1.91 bits per heavy atom. The van der Waals surface area contributed by atoms with Gasteiger partial charge in [-0.1, -0.05) is 36.4 Å². The quantitative estimate of drug-likeness (QED) is 0.823. The summed E-state index contributed by atoms with van der Waals surface area (Å²) in [5.74, 6) is -1.14. The Balaban J connectivity index is 2.08. The highest BCUT2D eigenvalue weighted by Gasteiger charge is 2.17. The molecule has 0 radical (unpaired) electrons. The zero-order valence-electron chi connectivity index (χ0n) is 13.0. The van der Waals surface area contributed by atoms with Gasteiger partial charge in [-0.15, -0.1) is 0 Å². The van der Waals surface area contributed by atoms with Crippen molar-refractivity contribution in [2.24, 2.45) is 0 Å². The lowest BCUT2D eigenvalue weighted by atomic mass is 10.0. The summed E-state index contributed by atoms with van der Waals surface area (Å²) in [7, 11) is 0. The molecule has 1 aromatic heterocycles. The summed E-state index contributed by atoms with van der Waals surface area (Å²) in [6, 6.07) is 13.1. The first-order valence-electron chi connectivity index (χ1n) is 7.54. The van der Waals surface area contributed by atoms with Crippen molar-refractivity contribution in [1.29, 1.82) is 0 Å². The fourth-order valence-corrected chi connectivity index (χ4v) is 2.40. The number of hydrogen-bond acceptors (Lipinski definition) is 3. The van der Waals surface area contributed by atoms with Gasteiger partial charge in [0.1, 0.15) is 5.69 Å². The molecule has 0 saturated carbocycles. The van der Waals surface area contributed by atoms with E-state index in [9.17, 15) is 9.59 Å². The predicted octanol–water partition coefficient (Wildman–Crippen LogP) is 2.60. The fourth-order valence-electron chi connectivity index (χ4n) is 2.40. The average molecular weight is 312 g/mol. The molecular formula is C18H20N2O3. The molecule has 0 fully saturated rings. The number of hydrogen-bond donors (Lipinski definition) is 2. The second-order valence-corrected chi connectivity index (χ2v) is 5.46. The van der Waals surface area contributed by atoms with Crippen molar-refractivity contribution in [3.8, 4) is 0 Å². The Hall–Kier alpha value is -2.69. The smallest absolute Gasteiger partial charge is 0.303 e. The Morgan fingerprint density at radius 3 is 2.57 bits per heavy atom. The first-order chi connectivity index (χ1) is 11.1. The third kappa shape index (κ3) is 5.21. The zero-order chi connectivity index (χ0) is 16.7. The second kappa shape index (κ2) is 8.08. The molecule has 2 rings (SSSR count). The van der Waals surface area contributed by atoms with Crippen LogP contribution in [0.1, 0.15) is 34.5 Å². The largest absolute Gasteiger partial charge is 0.481 e. The molecule has 0 aliphatic rings. The third-order valence-electron chi connectivity index (χ3n) is 3.59. The lowest BCUT2D eigenvalue weighted by molar-refractivity contribution is -0.137. The minimum atomic E-state index is -0.869. The van der Waals surface area contributed by atoms with Gasteiger partial charge in [-0.05, 0) is 37.0 Å². The number of aliphatic carboxylic acids is 1. The molecule has 0 spiro atoms. The van der Waals surface area contributed by atoms with Gasteiger partial charge in [-0.2, -0.15) is 0 Å². The molecule has 2 N–H and O–H groups in total. The summed E-state index contributed by atoms with van der Waals surface area (Å²) in [6.07, 6.45) is 2.55. The number of amides is 1. The van der Waals surface area contributed by atoms with E-state index in [4.69, 9.17) is 5.11 Å². The summed E-state index contributed by atoms with van der Waals surface area (Å²) in [4.78, 5) is 27.3. The number of carboxylic acid groups (broad SMARTS) is 1. The van der Waals surface area contributed by atoms with E-state index < -0.39 is 5.97 Å². The molecule has 0 bridgehead atoms. The van der Waals surface area contributed by atoms with Gasteiger partial charge in [0.15, 0.2) is 0 Å². The van der Waals surface area contributed by atoms with Gasteiger partial charge in [-0.3, -0.25) is 14.6 Å². The van der Waals surface area contributed by atoms with Crippen molar-refractivity contribution < 1.29 is 14.7 Å². The highest BCUT2D eigenvalue weighted by molar-refractivity contribution is 5.93. The number of carboxylic acids is 1. The van der Waals surface area contributed by atoms with Gasteiger partial charge in [0.25, 0.3) is 5.91 Å². The predicted molar refractivity (Wildman–Crippen MR) is 87.2 cm³/mol. The monoisotopic (exact) mass is 312 g/mol. The molecule has 0 aliphatic heterocycles. The average Bonchev–Trinajstić information content (AvgIpc) is 2.54. The van der Waals surface area contributed by atoms with Crippen LogP contribution in [-0.2, 0) is 11.2 Å². The molecule has 1 amide bonds. The number of benzene rings is 1. The Morgan fingerprint density at radius 1 is 1.17 bits per heavy atom. The lowest BCUT2D eigenvalue weighted by Gasteiger charge is -2.18. The zero-order valence-corrected chi connectivity index (χ0v) is 13.0. The molecule has 0 saturated heterocycles. The topological polar surface area (TPSA) is 79.3 Å². The van der Waals surface area contributed by atoms with Crippen LogP contribution in [0, 0.1) is 6.92 Å². The first-order valence-corrected chi connectivity index (χ1v) is 7.54. The molecule has 120 valence electrons. The lowest BCUT2D eigenvalue weighted by Crippen LogP contribution is -2.37. The van der Waals surface area contributed by atoms with Crippen LogP contribution < -0.4 is 5.32 Å². The summed E-state index contributed by atoms with van der Waals surface area (Å²) >= 11 is 0. The first kappa shape index (κ1) is 16.7. The van der Waals surface area contributed by atoms with Crippen molar-refractivity contribution >= 4 is 11.9 Å². The van der Waals surface area contributed by atoms with Crippen LogP contribution in [0.3, 0.4) is 0 Å². The molecule has 0 aliphatic carbocycles. The molecule has 1 aromatic carbocycles. The number of aromatic nitrogens is 1. The Bertz CT molecular complexity index is 671. The third-order valence-corrected chi connectivity index (χ3v) is 3.59. The van der Waals surface area contributed by atoms with Crippen LogP contribution >= 0.6 is 0 Å². The minimum Gasteiger partial charge on any atom is -0.481 e. The number of nitrogens with one attached hydrogen (secondary N) is 1. The highest BCUT2D eigenvalue weighted by atomic mass is 16.4. The van der Waals surface area contributed by atoms with Crippen LogP contribution in [0.25, 0.3) is 0 Å². The van der Waals surface area contributed by atoms with E-state index in [1.165, 1.54) is 0 Å². The Kier molecular flexibility index (Phi) is 5.86. The van der Waals surface area contributed by atoms with E-state index in [1.54, 1.807) is 12.3 Å². The number of pyridine rings is 1. The maximum Gasteiger partial charge on any atom is 0.303 e. The van der Waals surface area contributed by atoms with Crippen molar-refractivity contribution in [3.63, 3.8) is 0 Å². The highest BCUT2D eigenvalue weighted by Crippen LogP contribution is 2.10. The van der Waals surface area contributed by atoms with E-state index in [1.807, 2.05) is 43.3 Å². The van der Waals surface area contributed by atoms with Crippen LogP contribution in [0.5, 0.6) is 0 Å². The van der Waals surface area contributed by atoms with Gasteiger partial charge < -0.3 is 10.4 Å². The van der Waals surface area contributed by atoms with Crippen LogP contribution in [0.2, 0.25) is 0 Å². The van der Waals surface area contributed by atoms with Gasteiger partial charge in [0, 0.05) is 18.7 Å². The van der Waals surface area contributed by atoms with E-state index in [-0.39, 0.29) is 18.4 Å². The normalized spacial score (nSPS) is 11.7. The van der Waals surface area contributed by atoms with Gasteiger partial charge >= 0.3 is 5.97 Å². The van der Waals surface area contributed by atoms with Crippen molar-refractivity contribution in [2.45, 2.75) is 32.2 Å². The van der Waals surface area contributed by atoms with Crippen LogP contribution in [0.4, 0.5) is 0 Å². The van der Waals surface area contributed by atoms with E-state index in [2.05, 4.69) is 10.3 Å². The van der Waals surface area contributed by atoms with E-state index in [0.717, 1.165) is 11.1 Å². The maximum atomic E-state index is 12.4. The summed E-state index contributed by atoms with van der Waals surface area (Å²) in [6.45, 7) is 1.82. The van der Waals surface area contributed by atoms with Crippen molar-refractivity contribution in [1.82, 2.24) is 10.3 Å². The Labute approximate surface area is 135 Å². The van der Waals surface area contributed by atoms with Crippen molar-refractivity contribution in [2.75, 3.05) is 0 Å². The molecule has 1 atom stereocenters. The molecule has 1 heterocycles. The molecule has 1 unspecified atom stereocenters. The SMILES string of the molecule is Cc1cccnc1C(=O)NC(CCC(=O)O)Cc1ccccc1. The summed E-state index contributed by atoms with van der Waals surface area (Å²) < 4.78 is 0. The minimum absolute atomic E-state index is 0.0129. The summed E-state index contributed by atoms with van der Waals surface area (Å²) in [5.41, 5.74) is 2.23. The van der Waals surface area contributed by atoms with Crippen LogP contribution in [-0.4, -0.2) is 28.0 Å². The van der Waals surface area contributed by atoms with Gasteiger partial charge in [0.2, 0.25) is 0 Å². The fraction of sp³-hybridized carbons (Fsp3) is 0.278. The van der Waals surface area contributed by atoms with E-state index >= 15 is 0 Å². The van der Waals surface area contributed by atoms with Gasteiger partial charge in [0.05, 0.1) is 0 Å². The standard InChI is InChI=1S/C18H20N2O3/c1-13-6-5-11-19-17(13)18(23)20-15(9-10-16(21)22)12-14-7-3-2-4-8-14/h2-8,11,15H,9-10,12H2,1H3,(H,20,23)(H,21,22). The number of nitrogens with zero attached hydrogens (tertiary/aromatic N) is 1. The molecule has 5 nitrogen and oxygen atoms in total. The van der Waals surface area contributed by atoms with Crippen molar-refractivity contribution in [3.05, 3.63) is 65.5 Å². The molecular weight excluding hydrogens is 292 g/mol. The number of carbonyl (C=O) groups is 2. The molecule has 5 heteroatoms. The maximum absolute atomic E-state index is 12.4. The molecule has 2 aromatic rings.